The van der Waals surface area contributed by atoms with E-state index in [4.69, 9.17) is 0 Å². The minimum Gasteiger partial charge on any atom is -0.394 e. The molecule has 0 aliphatic heterocycles. The van der Waals surface area contributed by atoms with Crippen LogP contribution in [0.25, 0.3) is 0 Å². The van der Waals surface area contributed by atoms with Gasteiger partial charge in [-0.15, -0.1) is 0 Å². The number of carbonyl (C=O) groups excluding carboxylic acids is 1. The topological polar surface area (TPSA) is 49.3 Å². The highest BCUT2D eigenvalue weighted by atomic mass is 16.3. The lowest BCUT2D eigenvalue weighted by atomic mass is 9.76. The Morgan fingerprint density at radius 1 is 1.47 bits per heavy atom. The average Bonchev–Trinajstić information content (AvgIpc) is 2.29. The van der Waals surface area contributed by atoms with Gasteiger partial charge < -0.3 is 10.4 Å². The smallest absolute Gasteiger partial charge is 0.220 e. The SMILES string of the molecule is CCCCCC(=O)NC1(CO)CCCC(C)C1. The zero-order valence-corrected chi connectivity index (χ0v) is 11.3. The van der Waals surface area contributed by atoms with E-state index >= 15 is 0 Å². The normalized spacial score (nSPS) is 29.0. The van der Waals surface area contributed by atoms with Crippen molar-refractivity contribution < 1.29 is 9.90 Å². The molecule has 0 spiro atoms. The largest absolute Gasteiger partial charge is 0.394 e. The van der Waals surface area contributed by atoms with Gasteiger partial charge >= 0.3 is 0 Å². The van der Waals surface area contributed by atoms with E-state index in [1.165, 1.54) is 6.42 Å². The Balaban J connectivity index is 2.42. The van der Waals surface area contributed by atoms with Crippen LogP contribution in [0.4, 0.5) is 0 Å². The highest BCUT2D eigenvalue weighted by Crippen LogP contribution is 2.32. The van der Waals surface area contributed by atoms with E-state index in [2.05, 4.69) is 19.2 Å². The highest BCUT2D eigenvalue weighted by molar-refractivity contribution is 5.76. The summed E-state index contributed by atoms with van der Waals surface area (Å²) in [7, 11) is 0. The summed E-state index contributed by atoms with van der Waals surface area (Å²) in [5.41, 5.74) is -0.332. The van der Waals surface area contributed by atoms with E-state index in [9.17, 15) is 9.90 Å². The summed E-state index contributed by atoms with van der Waals surface area (Å²) >= 11 is 0. The molecule has 0 radical (unpaired) electrons. The molecule has 0 heterocycles. The Morgan fingerprint density at radius 3 is 2.82 bits per heavy atom. The Hall–Kier alpha value is -0.570. The summed E-state index contributed by atoms with van der Waals surface area (Å²) in [6.45, 7) is 4.42. The van der Waals surface area contributed by atoms with Gasteiger partial charge in [0.1, 0.15) is 0 Å². The number of aliphatic hydroxyl groups is 1. The number of carbonyl (C=O) groups is 1. The molecule has 1 saturated carbocycles. The van der Waals surface area contributed by atoms with Gasteiger partial charge in [0.05, 0.1) is 12.1 Å². The van der Waals surface area contributed by atoms with Crippen LogP contribution in [0.3, 0.4) is 0 Å². The molecule has 17 heavy (non-hydrogen) atoms. The fraction of sp³-hybridized carbons (Fsp3) is 0.929. The van der Waals surface area contributed by atoms with Gasteiger partial charge in [0.2, 0.25) is 5.91 Å². The molecule has 0 aromatic heterocycles. The molecule has 1 amide bonds. The van der Waals surface area contributed by atoms with Crippen molar-refractivity contribution in [1.29, 1.82) is 0 Å². The lowest BCUT2D eigenvalue weighted by Crippen LogP contribution is -2.53. The molecular formula is C14H27NO2. The lowest BCUT2D eigenvalue weighted by Gasteiger charge is -2.39. The predicted octanol–water partition coefficient (Wildman–Crippen LogP) is 2.62. The molecule has 1 aliphatic carbocycles. The molecule has 0 aromatic rings. The minimum absolute atomic E-state index is 0.0802. The number of unbranched alkanes of at least 4 members (excludes halogenated alkanes) is 2. The van der Waals surface area contributed by atoms with Crippen LogP contribution in [0.15, 0.2) is 0 Å². The lowest BCUT2D eigenvalue weighted by molar-refractivity contribution is -0.124. The second kappa shape index (κ2) is 7.00. The van der Waals surface area contributed by atoms with E-state index < -0.39 is 0 Å². The summed E-state index contributed by atoms with van der Waals surface area (Å²) in [5, 5.41) is 12.6. The molecular weight excluding hydrogens is 214 g/mol. The first-order valence-electron chi connectivity index (χ1n) is 7.04. The van der Waals surface area contributed by atoms with Gasteiger partial charge in [0.15, 0.2) is 0 Å². The quantitative estimate of drug-likeness (QED) is 0.702. The monoisotopic (exact) mass is 241 g/mol. The van der Waals surface area contributed by atoms with Crippen molar-refractivity contribution in [3.8, 4) is 0 Å². The van der Waals surface area contributed by atoms with E-state index in [0.29, 0.717) is 12.3 Å². The van der Waals surface area contributed by atoms with Crippen molar-refractivity contribution >= 4 is 5.91 Å². The summed E-state index contributed by atoms with van der Waals surface area (Å²) < 4.78 is 0. The van der Waals surface area contributed by atoms with Crippen LogP contribution in [-0.2, 0) is 4.79 Å². The molecule has 0 aromatic carbocycles. The minimum atomic E-state index is -0.332. The van der Waals surface area contributed by atoms with E-state index in [-0.39, 0.29) is 18.1 Å². The van der Waals surface area contributed by atoms with Crippen LogP contribution >= 0.6 is 0 Å². The number of rotatable bonds is 6. The second-order valence-corrected chi connectivity index (χ2v) is 5.65. The summed E-state index contributed by atoms with van der Waals surface area (Å²) in [5.74, 6) is 0.716. The van der Waals surface area contributed by atoms with Crippen molar-refractivity contribution in [3.63, 3.8) is 0 Å². The van der Waals surface area contributed by atoms with Crippen LogP contribution in [0.5, 0.6) is 0 Å². The average molecular weight is 241 g/mol. The molecule has 3 nitrogen and oxygen atoms in total. The molecule has 2 atom stereocenters. The molecule has 3 heteroatoms. The number of aliphatic hydroxyl groups excluding tert-OH is 1. The fourth-order valence-corrected chi connectivity index (χ4v) is 2.85. The summed E-state index contributed by atoms with van der Waals surface area (Å²) in [6, 6.07) is 0. The van der Waals surface area contributed by atoms with E-state index in [0.717, 1.165) is 38.5 Å². The van der Waals surface area contributed by atoms with Gasteiger partial charge in [-0.3, -0.25) is 4.79 Å². The summed E-state index contributed by atoms with van der Waals surface area (Å²) in [6.07, 6.45) is 7.97. The van der Waals surface area contributed by atoms with Crippen LogP contribution in [-0.4, -0.2) is 23.2 Å². The first kappa shape index (κ1) is 14.5. The van der Waals surface area contributed by atoms with Crippen molar-refractivity contribution in [2.75, 3.05) is 6.61 Å². The van der Waals surface area contributed by atoms with Crippen molar-refractivity contribution in [2.24, 2.45) is 5.92 Å². The van der Waals surface area contributed by atoms with Gasteiger partial charge in [-0.2, -0.15) is 0 Å². The standard InChI is InChI=1S/C14H27NO2/c1-3-4-5-8-13(17)15-14(11-16)9-6-7-12(2)10-14/h12,16H,3-11H2,1-2H3,(H,15,17). The van der Waals surface area contributed by atoms with E-state index in [1.807, 2.05) is 0 Å². The molecule has 0 bridgehead atoms. The van der Waals surface area contributed by atoms with Crippen molar-refractivity contribution in [1.82, 2.24) is 5.32 Å². The third-order valence-corrected chi connectivity index (χ3v) is 3.81. The Kier molecular flexibility index (Phi) is 5.96. The molecule has 100 valence electrons. The van der Waals surface area contributed by atoms with Crippen molar-refractivity contribution in [3.05, 3.63) is 0 Å². The summed E-state index contributed by atoms with van der Waals surface area (Å²) in [4.78, 5) is 11.8. The van der Waals surface area contributed by atoms with Gasteiger partial charge in [0, 0.05) is 6.42 Å². The van der Waals surface area contributed by atoms with Crippen molar-refractivity contribution in [2.45, 2.75) is 70.8 Å². The van der Waals surface area contributed by atoms with Crippen LogP contribution < -0.4 is 5.32 Å². The maximum absolute atomic E-state index is 11.8. The number of amides is 1. The maximum atomic E-state index is 11.8. The van der Waals surface area contributed by atoms with Gasteiger partial charge in [-0.25, -0.2) is 0 Å². The highest BCUT2D eigenvalue weighted by Gasteiger charge is 2.35. The Morgan fingerprint density at radius 2 is 2.24 bits per heavy atom. The van der Waals surface area contributed by atoms with E-state index in [1.54, 1.807) is 0 Å². The fourth-order valence-electron chi connectivity index (χ4n) is 2.85. The molecule has 1 aliphatic rings. The second-order valence-electron chi connectivity index (χ2n) is 5.65. The Labute approximate surface area is 105 Å². The Bertz CT molecular complexity index is 242. The first-order chi connectivity index (χ1) is 8.12. The van der Waals surface area contributed by atoms with Crippen LogP contribution in [0.1, 0.15) is 65.2 Å². The molecule has 0 saturated heterocycles. The van der Waals surface area contributed by atoms with Crippen LogP contribution in [0, 0.1) is 5.92 Å². The van der Waals surface area contributed by atoms with Gasteiger partial charge in [0.25, 0.3) is 0 Å². The third-order valence-electron chi connectivity index (χ3n) is 3.81. The zero-order valence-electron chi connectivity index (χ0n) is 11.3. The first-order valence-corrected chi connectivity index (χ1v) is 7.04. The van der Waals surface area contributed by atoms with Crippen LogP contribution in [0.2, 0.25) is 0 Å². The third kappa shape index (κ3) is 4.66. The number of hydrogen-bond acceptors (Lipinski definition) is 2. The molecule has 2 unspecified atom stereocenters. The molecule has 1 fully saturated rings. The maximum Gasteiger partial charge on any atom is 0.220 e. The predicted molar refractivity (Wildman–Crippen MR) is 69.7 cm³/mol. The van der Waals surface area contributed by atoms with Gasteiger partial charge in [-0.1, -0.05) is 39.5 Å². The number of nitrogens with one attached hydrogen (secondary N) is 1. The molecule has 2 N–H and O–H groups in total. The van der Waals surface area contributed by atoms with Gasteiger partial charge in [-0.05, 0) is 25.2 Å². The zero-order chi connectivity index (χ0) is 12.7. The molecule has 1 rings (SSSR count). The number of hydrogen-bond donors (Lipinski definition) is 2.